The Bertz CT molecular complexity index is 387. The van der Waals surface area contributed by atoms with Gasteiger partial charge in [0.15, 0.2) is 0 Å². The van der Waals surface area contributed by atoms with E-state index in [-0.39, 0.29) is 29.6 Å². The van der Waals surface area contributed by atoms with Crippen LogP contribution in [0.2, 0.25) is 6.55 Å². The van der Waals surface area contributed by atoms with Gasteiger partial charge in [0.2, 0.25) is 8.32 Å². The SMILES string of the molecule is C[Si](O)(c1ccccc1)c1ccccc1.[NaH]. The van der Waals surface area contributed by atoms with Gasteiger partial charge in [-0.15, -0.1) is 0 Å². The molecule has 0 fully saturated rings. The summed E-state index contributed by atoms with van der Waals surface area (Å²) in [6.45, 7) is 1.96. The Morgan fingerprint density at radius 1 is 0.750 bits per heavy atom. The molecule has 0 atom stereocenters. The van der Waals surface area contributed by atoms with E-state index in [0.29, 0.717) is 0 Å². The fraction of sp³-hybridized carbons (Fsp3) is 0.0769. The fourth-order valence-electron chi connectivity index (χ4n) is 1.69. The zero-order chi connectivity index (χ0) is 10.7. The van der Waals surface area contributed by atoms with Crippen molar-refractivity contribution in [1.29, 1.82) is 0 Å². The Hall–Kier alpha value is -0.383. The molecule has 16 heavy (non-hydrogen) atoms. The predicted octanol–water partition coefficient (Wildman–Crippen LogP) is 0.720. The third kappa shape index (κ3) is 2.84. The molecular formula is C13H15NaOSi. The molecule has 0 saturated heterocycles. The Balaban J connectivity index is 0.00000128. The van der Waals surface area contributed by atoms with Gasteiger partial charge < -0.3 is 4.80 Å². The first kappa shape index (κ1) is 13.7. The average molecular weight is 238 g/mol. The number of benzene rings is 2. The van der Waals surface area contributed by atoms with Crippen LogP contribution in [-0.4, -0.2) is 42.7 Å². The van der Waals surface area contributed by atoms with Crippen molar-refractivity contribution in [1.82, 2.24) is 0 Å². The Morgan fingerprint density at radius 3 is 1.38 bits per heavy atom. The monoisotopic (exact) mass is 238 g/mol. The van der Waals surface area contributed by atoms with Crippen LogP contribution in [0.5, 0.6) is 0 Å². The van der Waals surface area contributed by atoms with Crippen molar-refractivity contribution in [3.63, 3.8) is 0 Å². The maximum atomic E-state index is 10.6. The van der Waals surface area contributed by atoms with Crippen molar-refractivity contribution in [3.8, 4) is 0 Å². The molecule has 2 aromatic rings. The first-order valence-electron chi connectivity index (χ1n) is 5.04. The zero-order valence-corrected chi connectivity index (χ0v) is 9.72. The molecule has 0 bridgehead atoms. The van der Waals surface area contributed by atoms with Gasteiger partial charge in [0.25, 0.3) is 0 Å². The van der Waals surface area contributed by atoms with Crippen LogP contribution in [0.4, 0.5) is 0 Å². The second-order valence-corrected chi connectivity index (χ2v) is 7.10. The molecule has 0 radical (unpaired) electrons. The van der Waals surface area contributed by atoms with E-state index in [1.807, 2.05) is 67.2 Å². The van der Waals surface area contributed by atoms with E-state index in [1.165, 1.54) is 0 Å². The molecule has 0 aromatic heterocycles. The zero-order valence-electron chi connectivity index (χ0n) is 8.72. The van der Waals surface area contributed by atoms with E-state index in [2.05, 4.69) is 0 Å². The number of rotatable bonds is 2. The summed E-state index contributed by atoms with van der Waals surface area (Å²) < 4.78 is 0. The van der Waals surface area contributed by atoms with Gasteiger partial charge >= 0.3 is 29.6 Å². The van der Waals surface area contributed by atoms with Gasteiger partial charge in [-0.2, -0.15) is 0 Å². The summed E-state index contributed by atoms with van der Waals surface area (Å²) in [5.74, 6) is 0. The van der Waals surface area contributed by atoms with Crippen molar-refractivity contribution < 1.29 is 4.80 Å². The van der Waals surface area contributed by atoms with Crippen LogP contribution in [-0.2, 0) is 0 Å². The van der Waals surface area contributed by atoms with E-state index >= 15 is 0 Å². The van der Waals surface area contributed by atoms with E-state index in [0.717, 1.165) is 10.4 Å². The van der Waals surface area contributed by atoms with Crippen molar-refractivity contribution in [2.24, 2.45) is 0 Å². The molecular weight excluding hydrogens is 223 g/mol. The van der Waals surface area contributed by atoms with E-state index in [1.54, 1.807) is 0 Å². The van der Waals surface area contributed by atoms with Gasteiger partial charge in [-0.1, -0.05) is 60.7 Å². The van der Waals surface area contributed by atoms with Crippen LogP contribution in [0.25, 0.3) is 0 Å². The molecule has 0 amide bonds. The van der Waals surface area contributed by atoms with Crippen LogP contribution < -0.4 is 10.4 Å². The van der Waals surface area contributed by atoms with Crippen molar-refractivity contribution >= 4 is 48.2 Å². The summed E-state index contributed by atoms with van der Waals surface area (Å²) in [6.07, 6.45) is 0. The fourth-order valence-corrected chi connectivity index (χ4v) is 3.71. The Kier molecular flexibility index (Phi) is 4.96. The molecule has 0 aliphatic heterocycles. The van der Waals surface area contributed by atoms with Crippen LogP contribution in [0.1, 0.15) is 0 Å². The molecule has 1 N–H and O–H groups in total. The predicted molar refractivity (Wildman–Crippen MR) is 73.1 cm³/mol. The van der Waals surface area contributed by atoms with Crippen molar-refractivity contribution in [2.45, 2.75) is 6.55 Å². The Morgan fingerprint density at radius 2 is 1.06 bits per heavy atom. The van der Waals surface area contributed by atoms with Crippen LogP contribution in [0.3, 0.4) is 0 Å². The first-order valence-corrected chi connectivity index (χ1v) is 7.49. The van der Waals surface area contributed by atoms with Gasteiger partial charge in [0.1, 0.15) is 0 Å². The molecule has 2 rings (SSSR count). The van der Waals surface area contributed by atoms with Crippen LogP contribution in [0.15, 0.2) is 60.7 Å². The molecule has 1 nitrogen and oxygen atoms in total. The van der Waals surface area contributed by atoms with Crippen molar-refractivity contribution in [3.05, 3.63) is 60.7 Å². The van der Waals surface area contributed by atoms with E-state index < -0.39 is 8.32 Å². The number of hydrogen-bond donors (Lipinski definition) is 1. The molecule has 0 heterocycles. The van der Waals surface area contributed by atoms with E-state index in [4.69, 9.17) is 0 Å². The quantitative estimate of drug-likeness (QED) is 0.764. The summed E-state index contributed by atoms with van der Waals surface area (Å²) >= 11 is 0. The standard InChI is InChI=1S/C13H14OSi.Na.H/c1-15(14,12-8-4-2-5-9-12)13-10-6-3-7-11-13;;/h2-11,14H,1H3;;. The van der Waals surface area contributed by atoms with Crippen molar-refractivity contribution in [2.75, 3.05) is 0 Å². The minimum absolute atomic E-state index is 0. The third-order valence-corrected chi connectivity index (χ3v) is 5.59. The van der Waals surface area contributed by atoms with Gasteiger partial charge in [-0.3, -0.25) is 0 Å². The molecule has 0 aliphatic carbocycles. The topological polar surface area (TPSA) is 20.2 Å². The van der Waals surface area contributed by atoms with E-state index in [9.17, 15) is 4.80 Å². The second kappa shape index (κ2) is 5.80. The van der Waals surface area contributed by atoms with Gasteiger partial charge in [-0.05, 0) is 16.9 Å². The van der Waals surface area contributed by atoms with Gasteiger partial charge in [0.05, 0.1) is 0 Å². The summed E-state index contributed by atoms with van der Waals surface area (Å²) in [4.78, 5) is 10.6. The first-order chi connectivity index (χ1) is 7.21. The summed E-state index contributed by atoms with van der Waals surface area (Å²) in [5.41, 5.74) is 0. The second-order valence-electron chi connectivity index (χ2n) is 3.80. The Labute approximate surface area is 120 Å². The van der Waals surface area contributed by atoms with Crippen LogP contribution >= 0.6 is 0 Å². The molecule has 0 spiro atoms. The summed E-state index contributed by atoms with van der Waals surface area (Å²) in [5, 5.41) is 2.10. The summed E-state index contributed by atoms with van der Waals surface area (Å²) in [6, 6.07) is 19.8. The third-order valence-electron chi connectivity index (χ3n) is 2.67. The normalized spacial score (nSPS) is 10.6. The van der Waals surface area contributed by atoms with Crippen LogP contribution in [0, 0.1) is 0 Å². The maximum absolute atomic E-state index is 10.6. The number of hydrogen-bond acceptors (Lipinski definition) is 1. The summed E-state index contributed by atoms with van der Waals surface area (Å²) in [7, 11) is -2.46. The average Bonchev–Trinajstić information content (AvgIpc) is 2.31. The molecule has 3 heteroatoms. The molecule has 0 saturated carbocycles. The van der Waals surface area contributed by atoms with Gasteiger partial charge in [0, 0.05) is 0 Å². The molecule has 0 aliphatic rings. The van der Waals surface area contributed by atoms with Gasteiger partial charge in [-0.25, -0.2) is 0 Å². The minimum atomic E-state index is -2.46. The molecule has 2 aromatic carbocycles. The molecule has 0 unspecified atom stereocenters. The molecule has 78 valence electrons.